The van der Waals surface area contributed by atoms with Crippen LogP contribution < -0.4 is 21.3 Å². The molecule has 1 aliphatic carbocycles. The quantitative estimate of drug-likeness (QED) is 0.295. The summed E-state index contributed by atoms with van der Waals surface area (Å²) >= 11 is 0. The predicted molar refractivity (Wildman–Crippen MR) is 113 cm³/mol. The van der Waals surface area contributed by atoms with E-state index in [2.05, 4.69) is 21.3 Å². The highest BCUT2D eigenvalue weighted by Gasteiger charge is 2.38. The smallest absolute Gasteiger partial charge is 0.475 e. The summed E-state index contributed by atoms with van der Waals surface area (Å²) in [5.74, 6) is -3.78. The second-order valence-corrected chi connectivity index (χ2v) is 8.87. The van der Waals surface area contributed by atoms with E-state index >= 15 is 0 Å². The molecule has 2 aliphatic heterocycles. The summed E-state index contributed by atoms with van der Waals surface area (Å²) in [6.45, 7) is 1.39. The summed E-state index contributed by atoms with van der Waals surface area (Å²) in [6.07, 6.45) is 1.26. The minimum Gasteiger partial charge on any atom is -0.475 e. The number of carboxylic acid groups (broad SMARTS) is 1. The number of piperidine rings is 1. The minimum absolute atomic E-state index is 0.0755. The molecular formula is C21H33F3N4O6. The lowest BCUT2D eigenvalue weighted by Gasteiger charge is -2.29. The van der Waals surface area contributed by atoms with Crippen LogP contribution in [0.3, 0.4) is 0 Å². The Hall–Kier alpha value is -2.41. The Labute approximate surface area is 195 Å². The number of aliphatic hydroxyl groups excluding tert-OH is 1. The first-order valence-electron chi connectivity index (χ1n) is 11.6. The van der Waals surface area contributed by atoms with Gasteiger partial charge in [0.15, 0.2) is 6.10 Å². The van der Waals surface area contributed by atoms with E-state index in [0.717, 1.165) is 51.5 Å². The van der Waals surface area contributed by atoms with Crippen molar-refractivity contribution >= 4 is 23.7 Å². The molecule has 1 unspecified atom stereocenters. The van der Waals surface area contributed by atoms with Crippen LogP contribution in [0.15, 0.2) is 0 Å². The molecular weight excluding hydrogens is 461 g/mol. The van der Waals surface area contributed by atoms with Crippen LogP contribution in [0.1, 0.15) is 57.8 Å². The molecule has 194 valence electrons. The molecule has 3 rings (SSSR count). The van der Waals surface area contributed by atoms with E-state index in [-0.39, 0.29) is 36.2 Å². The Bertz CT molecular complexity index is 724. The Balaban J connectivity index is 0.000000509. The fourth-order valence-corrected chi connectivity index (χ4v) is 4.34. The van der Waals surface area contributed by atoms with Crippen LogP contribution in [-0.4, -0.2) is 77.4 Å². The average Bonchev–Trinajstić information content (AvgIpc) is 3.44. The number of carbonyl (C=O) groups is 4. The molecule has 3 amide bonds. The van der Waals surface area contributed by atoms with Gasteiger partial charge in [-0.2, -0.15) is 13.2 Å². The standard InChI is InChI=1S/C19H32N4O4.C2HF3O2/c24-16(19(27)22-13-5-1-2-6-13)15(11-12-8-10-21-17(12)25)23-18(26)14-7-3-4-9-20-14;3-2(4,5)1(6)7/h12-16,20,24H,1-11H2,(H,21,25)(H,22,27)(H,23,26);(H,6,7)/t12-,14-,15-,16?;/m0./s1. The van der Waals surface area contributed by atoms with E-state index < -0.39 is 30.2 Å². The van der Waals surface area contributed by atoms with E-state index in [1.807, 2.05) is 0 Å². The summed E-state index contributed by atoms with van der Waals surface area (Å²) in [5.41, 5.74) is 0. The third-order valence-electron chi connectivity index (χ3n) is 6.25. The Morgan fingerprint density at radius 3 is 2.15 bits per heavy atom. The maximum atomic E-state index is 12.6. The fraction of sp³-hybridized carbons (Fsp3) is 0.810. The molecule has 6 N–H and O–H groups in total. The summed E-state index contributed by atoms with van der Waals surface area (Å²) in [5, 5.41) is 29.5. The van der Waals surface area contributed by atoms with Crippen molar-refractivity contribution in [1.29, 1.82) is 0 Å². The summed E-state index contributed by atoms with van der Waals surface area (Å²) < 4.78 is 31.7. The van der Waals surface area contributed by atoms with Gasteiger partial charge in [-0.3, -0.25) is 14.4 Å². The minimum atomic E-state index is -5.08. The number of amides is 3. The Morgan fingerprint density at radius 1 is 1.03 bits per heavy atom. The van der Waals surface area contributed by atoms with Gasteiger partial charge in [-0.25, -0.2) is 4.79 Å². The highest BCUT2D eigenvalue weighted by atomic mass is 19.4. The largest absolute Gasteiger partial charge is 0.490 e. The van der Waals surface area contributed by atoms with Crippen molar-refractivity contribution in [2.45, 2.75) is 88.2 Å². The van der Waals surface area contributed by atoms with Crippen molar-refractivity contribution in [3.63, 3.8) is 0 Å². The zero-order valence-electron chi connectivity index (χ0n) is 18.8. The molecule has 1 saturated carbocycles. The molecule has 2 saturated heterocycles. The van der Waals surface area contributed by atoms with Gasteiger partial charge in [0.1, 0.15) is 0 Å². The van der Waals surface area contributed by atoms with Gasteiger partial charge in [0.2, 0.25) is 11.8 Å². The Kier molecular flexibility index (Phi) is 10.5. The van der Waals surface area contributed by atoms with E-state index in [1.54, 1.807) is 0 Å². The summed E-state index contributed by atoms with van der Waals surface area (Å²) in [4.78, 5) is 46.0. The maximum Gasteiger partial charge on any atom is 0.490 e. The number of hydrogen-bond acceptors (Lipinski definition) is 6. The van der Waals surface area contributed by atoms with E-state index in [0.29, 0.717) is 13.0 Å². The van der Waals surface area contributed by atoms with Gasteiger partial charge >= 0.3 is 12.1 Å². The second kappa shape index (κ2) is 12.9. The lowest BCUT2D eigenvalue weighted by atomic mass is 9.93. The van der Waals surface area contributed by atoms with Gasteiger partial charge in [0.25, 0.3) is 5.91 Å². The highest BCUT2D eigenvalue weighted by molar-refractivity contribution is 5.86. The lowest BCUT2D eigenvalue weighted by molar-refractivity contribution is -0.192. The Morgan fingerprint density at radius 2 is 1.65 bits per heavy atom. The molecule has 4 atom stereocenters. The lowest BCUT2D eigenvalue weighted by Crippen LogP contribution is -2.56. The van der Waals surface area contributed by atoms with Crippen LogP contribution in [0, 0.1) is 5.92 Å². The van der Waals surface area contributed by atoms with Crippen LogP contribution in [0.4, 0.5) is 13.2 Å². The molecule has 0 aromatic carbocycles. The number of carbonyl (C=O) groups excluding carboxylic acids is 3. The number of nitrogens with one attached hydrogen (secondary N) is 4. The van der Waals surface area contributed by atoms with Gasteiger partial charge in [-0.1, -0.05) is 19.3 Å². The highest BCUT2D eigenvalue weighted by Crippen LogP contribution is 2.21. The van der Waals surface area contributed by atoms with Gasteiger partial charge in [-0.05, 0) is 45.1 Å². The first-order chi connectivity index (χ1) is 16.0. The molecule has 34 heavy (non-hydrogen) atoms. The maximum absolute atomic E-state index is 12.6. The van der Waals surface area contributed by atoms with Crippen molar-refractivity contribution in [3.05, 3.63) is 0 Å². The molecule has 10 nitrogen and oxygen atoms in total. The normalized spacial score (nSPS) is 24.9. The molecule has 3 aliphatic rings. The van der Waals surface area contributed by atoms with E-state index in [9.17, 15) is 32.7 Å². The number of alkyl halides is 3. The zero-order chi connectivity index (χ0) is 25.3. The van der Waals surface area contributed by atoms with Crippen LogP contribution >= 0.6 is 0 Å². The topological polar surface area (TPSA) is 157 Å². The van der Waals surface area contributed by atoms with Crippen LogP contribution in [0.25, 0.3) is 0 Å². The van der Waals surface area contributed by atoms with E-state index in [4.69, 9.17) is 9.90 Å². The monoisotopic (exact) mass is 494 g/mol. The molecule has 0 bridgehead atoms. The van der Waals surface area contributed by atoms with Gasteiger partial charge in [0, 0.05) is 18.5 Å². The van der Waals surface area contributed by atoms with Gasteiger partial charge in [0.05, 0.1) is 12.1 Å². The molecule has 13 heteroatoms. The molecule has 3 fully saturated rings. The number of halogens is 3. The predicted octanol–water partition coefficient (Wildman–Crippen LogP) is 0.193. The van der Waals surface area contributed by atoms with Crippen LogP contribution in [0.5, 0.6) is 0 Å². The van der Waals surface area contributed by atoms with Crippen molar-refractivity contribution in [3.8, 4) is 0 Å². The SMILES string of the molecule is O=C(NC1CCCC1)C(O)[C@H](C[C@@H]1CCNC1=O)NC(=O)[C@@H]1CCCCN1.O=C(O)C(F)(F)F. The molecule has 0 aromatic heterocycles. The second-order valence-electron chi connectivity index (χ2n) is 8.87. The molecule has 2 heterocycles. The first kappa shape index (κ1) is 27.8. The number of rotatable bonds is 7. The van der Waals surface area contributed by atoms with Crippen molar-refractivity contribution in [2.75, 3.05) is 13.1 Å². The average molecular weight is 495 g/mol. The first-order valence-corrected chi connectivity index (χ1v) is 11.6. The number of carboxylic acids is 1. The van der Waals surface area contributed by atoms with Crippen molar-refractivity contribution in [1.82, 2.24) is 21.3 Å². The number of aliphatic carboxylic acids is 1. The van der Waals surface area contributed by atoms with Gasteiger partial charge in [-0.15, -0.1) is 0 Å². The van der Waals surface area contributed by atoms with Crippen LogP contribution in [-0.2, 0) is 19.2 Å². The van der Waals surface area contributed by atoms with E-state index in [1.165, 1.54) is 0 Å². The number of aliphatic hydroxyl groups is 1. The molecule has 0 spiro atoms. The molecule has 0 aromatic rings. The van der Waals surface area contributed by atoms with Gasteiger partial charge < -0.3 is 31.5 Å². The molecule has 0 radical (unpaired) electrons. The van der Waals surface area contributed by atoms with Crippen molar-refractivity contribution < 1.29 is 42.6 Å². The zero-order valence-corrected chi connectivity index (χ0v) is 18.8. The van der Waals surface area contributed by atoms with Crippen molar-refractivity contribution in [2.24, 2.45) is 5.92 Å². The third kappa shape index (κ3) is 8.75. The summed E-state index contributed by atoms with van der Waals surface area (Å²) in [6, 6.07) is -0.974. The third-order valence-corrected chi connectivity index (χ3v) is 6.25. The summed E-state index contributed by atoms with van der Waals surface area (Å²) in [7, 11) is 0. The van der Waals surface area contributed by atoms with Crippen LogP contribution in [0.2, 0.25) is 0 Å². The fourth-order valence-electron chi connectivity index (χ4n) is 4.34. The number of hydrogen-bond donors (Lipinski definition) is 6.